The molecule has 0 fully saturated rings. The van der Waals surface area contributed by atoms with Crippen molar-refractivity contribution in [3.63, 3.8) is 0 Å². The summed E-state index contributed by atoms with van der Waals surface area (Å²) in [4.78, 5) is 0. The van der Waals surface area contributed by atoms with E-state index < -0.39 is 6.10 Å². The zero-order chi connectivity index (χ0) is 13.9. The van der Waals surface area contributed by atoms with Gasteiger partial charge in [-0.2, -0.15) is 0 Å². The molecule has 0 bridgehead atoms. The Morgan fingerprint density at radius 2 is 2.05 bits per heavy atom. The zero-order valence-corrected chi connectivity index (χ0v) is 11.9. The van der Waals surface area contributed by atoms with Crippen LogP contribution in [0.2, 0.25) is 0 Å². The lowest BCUT2D eigenvalue weighted by Crippen LogP contribution is -2.25. The highest BCUT2D eigenvalue weighted by molar-refractivity contribution is 5.56. The van der Waals surface area contributed by atoms with Crippen molar-refractivity contribution in [3.8, 4) is 5.75 Å². The number of ether oxygens (including phenoxy) is 2. The summed E-state index contributed by atoms with van der Waals surface area (Å²) in [5.74, 6) is 0.809. The first-order chi connectivity index (χ1) is 9.27. The van der Waals surface area contributed by atoms with Gasteiger partial charge in [0.25, 0.3) is 0 Å². The van der Waals surface area contributed by atoms with Crippen LogP contribution in [-0.2, 0) is 4.74 Å². The fourth-order valence-electron chi connectivity index (χ4n) is 1.65. The van der Waals surface area contributed by atoms with Gasteiger partial charge < -0.3 is 19.9 Å². The van der Waals surface area contributed by atoms with E-state index in [1.807, 2.05) is 31.2 Å². The van der Waals surface area contributed by atoms with Crippen molar-refractivity contribution < 1.29 is 14.6 Å². The number of para-hydroxylation sites is 2. The van der Waals surface area contributed by atoms with Crippen LogP contribution in [0.25, 0.3) is 0 Å². The third-order valence-corrected chi connectivity index (χ3v) is 2.67. The van der Waals surface area contributed by atoms with E-state index in [0.29, 0.717) is 26.4 Å². The fraction of sp³-hybridized carbons (Fsp3) is 0.600. The summed E-state index contributed by atoms with van der Waals surface area (Å²) in [5, 5.41) is 13.0. The van der Waals surface area contributed by atoms with Gasteiger partial charge >= 0.3 is 0 Å². The van der Waals surface area contributed by atoms with E-state index in [2.05, 4.69) is 12.2 Å². The third-order valence-electron chi connectivity index (χ3n) is 2.67. The zero-order valence-electron chi connectivity index (χ0n) is 11.9. The molecule has 0 radical (unpaired) electrons. The summed E-state index contributed by atoms with van der Waals surface area (Å²) in [6.45, 7) is 6.23. The fourth-order valence-corrected chi connectivity index (χ4v) is 1.65. The van der Waals surface area contributed by atoms with E-state index in [1.165, 1.54) is 0 Å². The van der Waals surface area contributed by atoms with E-state index in [-0.39, 0.29) is 0 Å². The summed E-state index contributed by atoms with van der Waals surface area (Å²) in [5.41, 5.74) is 0.900. The van der Waals surface area contributed by atoms with Gasteiger partial charge in [-0.1, -0.05) is 25.5 Å². The lowest BCUT2D eigenvalue weighted by molar-refractivity contribution is 0.0421. The highest BCUT2D eigenvalue weighted by Gasteiger charge is 2.06. The molecule has 0 aliphatic carbocycles. The molecule has 0 heterocycles. The van der Waals surface area contributed by atoms with Crippen LogP contribution in [0, 0.1) is 0 Å². The van der Waals surface area contributed by atoms with Crippen molar-refractivity contribution in [2.24, 2.45) is 0 Å². The Morgan fingerprint density at radius 3 is 2.79 bits per heavy atom. The van der Waals surface area contributed by atoms with Gasteiger partial charge in [-0.05, 0) is 25.5 Å². The van der Waals surface area contributed by atoms with Gasteiger partial charge in [-0.3, -0.25) is 0 Å². The topological polar surface area (TPSA) is 50.7 Å². The molecule has 0 saturated heterocycles. The smallest absolute Gasteiger partial charge is 0.142 e. The highest BCUT2D eigenvalue weighted by atomic mass is 16.5. The SMILES string of the molecule is CCCCOCC(O)CNc1ccccc1OCC. The summed E-state index contributed by atoms with van der Waals surface area (Å²) in [7, 11) is 0. The summed E-state index contributed by atoms with van der Waals surface area (Å²) >= 11 is 0. The van der Waals surface area contributed by atoms with Crippen LogP contribution in [0.15, 0.2) is 24.3 Å². The molecule has 4 heteroatoms. The number of nitrogens with one attached hydrogen (secondary N) is 1. The monoisotopic (exact) mass is 267 g/mol. The van der Waals surface area contributed by atoms with E-state index in [1.54, 1.807) is 0 Å². The number of aliphatic hydroxyl groups excluding tert-OH is 1. The van der Waals surface area contributed by atoms with Crippen molar-refractivity contribution >= 4 is 5.69 Å². The van der Waals surface area contributed by atoms with Crippen LogP contribution in [0.3, 0.4) is 0 Å². The van der Waals surface area contributed by atoms with Crippen molar-refractivity contribution in [3.05, 3.63) is 24.3 Å². The number of aliphatic hydroxyl groups is 1. The van der Waals surface area contributed by atoms with Crippen LogP contribution in [0.4, 0.5) is 5.69 Å². The second-order valence-electron chi connectivity index (χ2n) is 4.39. The average molecular weight is 267 g/mol. The van der Waals surface area contributed by atoms with Gasteiger partial charge in [0.15, 0.2) is 0 Å². The van der Waals surface area contributed by atoms with E-state index in [9.17, 15) is 5.11 Å². The van der Waals surface area contributed by atoms with Gasteiger partial charge in [0.1, 0.15) is 5.75 Å². The molecule has 4 nitrogen and oxygen atoms in total. The minimum atomic E-state index is -0.508. The predicted octanol–water partition coefficient (Wildman–Crippen LogP) is 2.67. The molecule has 0 spiro atoms. The second kappa shape index (κ2) is 9.64. The number of rotatable bonds is 10. The molecule has 1 unspecified atom stereocenters. The van der Waals surface area contributed by atoms with Crippen LogP contribution in [0.5, 0.6) is 5.75 Å². The van der Waals surface area contributed by atoms with Gasteiger partial charge in [0, 0.05) is 13.2 Å². The van der Waals surface area contributed by atoms with Gasteiger partial charge in [0.2, 0.25) is 0 Å². The Labute approximate surface area is 115 Å². The lowest BCUT2D eigenvalue weighted by Gasteiger charge is -2.15. The molecule has 108 valence electrons. The molecule has 0 aliphatic rings. The molecule has 0 aromatic heterocycles. The second-order valence-corrected chi connectivity index (χ2v) is 4.39. The van der Waals surface area contributed by atoms with Crippen LogP contribution < -0.4 is 10.1 Å². The third kappa shape index (κ3) is 6.45. The van der Waals surface area contributed by atoms with Crippen molar-refractivity contribution in [1.29, 1.82) is 0 Å². The average Bonchev–Trinajstić information content (AvgIpc) is 2.43. The lowest BCUT2D eigenvalue weighted by atomic mass is 10.2. The molecule has 1 atom stereocenters. The maximum Gasteiger partial charge on any atom is 0.142 e. The maximum atomic E-state index is 9.80. The number of anilines is 1. The van der Waals surface area contributed by atoms with Gasteiger partial charge in [-0.25, -0.2) is 0 Å². The number of hydrogen-bond donors (Lipinski definition) is 2. The van der Waals surface area contributed by atoms with Crippen molar-refractivity contribution in [1.82, 2.24) is 0 Å². The van der Waals surface area contributed by atoms with Crippen LogP contribution in [-0.4, -0.2) is 37.6 Å². The number of benzene rings is 1. The molecule has 0 aliphatic heterocycles. The van der Waals surface area contributed by atoms with Crippen LogP contribution >= 0.6 is 0 Å². The van der Waals surface area contributed by atoms with Crippen molar-refractivity contribution in [2.75, 3.05) is 31.7 Å². The Bertz CT molecular complexity index is 344. The summed E-state index contributed by atoms with van der Waals surface area (Å²) in [6.07, 6.45) is 1.63. The minimum Gasteiger partial charge on any atom is -0.492 e. The summed E-state index contributed by atoms with van der Waals surface area (Å²) < 4.78 is 10.9. The Kier molecular flexibility index (Phi) is 8.02. The van der Waals surface area contributed by atoms with Crippen molar-refractivity contribution in [2.45, 2.75) is 32.8 Å². The summed E-state index contributed by atoms with van der Waals surface area (Å²) in [6, 6.07) is 7.72. The van der Waals surface area contributed by atoms with E-state index in [4.69, 9.17) is 9.47 Å². The normalized spacial score (nSPS) is 12.2. The van der Waals surface area contributed by atoms with E-state index >= 15 is 0 Å². The quantitative estimate of drug-likeness (QED) is 0.640. The molecule has 19 heavy (non-hydrogen) atoms. The molecule has 1 aromatic rings. The van der Waals surface area contributed by atoms with E-state index in [0.717, 1.165) is 24.3 Å². The highest BCUT2D eigenvalue weighted by Crippen LogP contribution is 2.23. The Hall–Kier alpha value is -1.26. The first-order valence-electron chi connectivity index (χ1n) is 6.99. The molecule has 2 N–H and O–H groups in total. The van der Waals surface area contributed by atoms with Crippen LogP contribution in [0.1, 0.15) is 26.7 Å². The number of unbranched alkanes of at least 4 members (excludes halogenated alkanes) is 1. The number of hydrogen-bond acceptors (Lipinski definition) is 4. The van der Waals surface area contributed by atoms with Gasteiger partial charge in [-0.15, -0.1) is 0 Å². The first-order valence-corrected chi connectivity index (χ1v) is 6.99. The Morgan fingerprint density at radius 1 is 1.26 bits per heavy atom. The first kappa shape index (κ1) is 15.8. The Balaban J connectivity index is 2.31. The largest absolute Gasteiger partial charge is 0.492 e. The minimum absolute atomic E-state index is 0.365. The maximum absolute atomic E-state index is 9.80. The molecular formula is C15H25NO3. The van der Waals surface area contributed by atoms with Gasteiger partial charge in [0.05, 0.1) is 25.0 Å². The molecular weight excluding hydrogens is 242 g/mol. The molecule has 0 amide bonds. The standard InChI is InChI=1S/C15H25NO3/c1-3-5-10-18-12-13(17)11-16-14-8-6-7-9-15(14)19-4-2/h6-9,13,16-17H,3-5,10-12H2,1-2H3. The molecule has 1 aromatic carbocycles. The predicted molar refractivity (Wildman–Crippen MR) is 77.8 cm³/mol. The molecule has 1 rings (SSSR count). The molecule has 0 saturated carbocycles.